The van der Waals surface area contributed by atoms with Crippen molar-refractivity contribution in [2.24, 2.45) is 4.99 Å². The molecule has 1 fully saturated rings. The van der Waals surface area contributed by atoms with E-state index in [1.54, 1.807) is 7.05 Å². The van der Waals surface area contributed by atoms with Crippen LogP contribution in [0, 0.1) is 0 Å². The van der Waals surface area contributed by atoms with Crippen molar-refractivity contribution >= 4 is 46.6 Å². The summed E-state index contributed by atoms with van der Waals surface area (Å²) >= 11 is 1.43. The van der Waals surface area contributed by atoms with E-state index in [0.717, 1.165) is 49.5 Å². The van der Waals surface area contributed by atoms with Crippen molar-refractivity contribution in [3.05, 3.63) is 5.82 Å². The summed E-state index contributed by atoms with van der Waals surface area (Å²) in [7, 11) is 1.70. The summed E-state index contributed by atoms with van der Waals surface area (Å²) in [5.74, 6) is 1.63. The van der Waals surface area contributed by atoms with Gasteiger partial charge in [-0.2, -0.15) is 17.5 Å². The number of rotatable bonds is 7. The fraction of sp³-hybridized carbons (Fsp3) is 0.800. The molecule has 0 saturated carbocycles. The fourth-order valence-electron chi connectivity index (χ4n) is 2.52. The molecule has 0 aliphatic carbocycles. The average Bonchev–Trinajstić information content (AvgIpc) is 3.10. The summed E-state index contributed by atoms with van der Waals surface area (Å²) in [6.45, 7) is 4.66. The number of aliphatic imine (C=N–C) groups is 1. The summed E-state index contributed by atoms with van der Waals surface area (Å²) in [4.78, 5) is 13.1. The highest BCUT2D eigenvalue weighted by molar-refractivity contribution is 14.0. The number of piperazine rings is 1. The van der Waals surface area contributed by atoms with Crippen molar-refractivity contribution in [3.8, 4) is 0 Å². The van der Waals surface area contributed by atoms with E-state index in [4.69, 9.17) is 0 Å². The van der Waals surface area contributed by atoms with Gasteiger partial charge in [0.2, 0.25) is 5.13 Å². The van der Waals surface area contributed by atoms with Crippen molar-refractivity contribution in [3.63, 3.8) is 0 Å². The Kier molecular flexibility index (Phi) is 10.6. The molecule has 1 saturated heterocycles. The molecule has 27 heavy (non-hydrogen) atoms. The second-order valence-corrected chi connectivity index (χ2v) is 6.55. The Hall–Kier alpha value is -0.890. The van der Waals surface area contributed by atoms with Crippen LogP contribution in [-0.2, 0) is 11.2 Å². The van der Waals surface area contributed by atoms with Gasteiger partial charge < -0.3 is 19.9 Å². The van der Waals surface area contributed by atoms with Crippen molar-refractivity contribution in [2.75, 3.05) is 57.9 Å². The SMILES string of the molecule is CCc1nsc(N2CCN(C(=NC)NCCCOCC(F)(F)F)CC2)n1.I. The van der Waals surface area contributed by atoms with Gasteiger partial charge in [0, 0.05) is 64.3 Å². The fourth-order valence-corrected chi connectivity index (χ4v) is 3.32. The highest BCUT2D eigenvalue weighted by atomic mass is 127. The molecule has 0 spiro atoms. The predicted octanol–water partition coefficient (Wildman–Crippen LogP) is 2.38. The number of hydrogen-bond acceptors (Lipinski definition) is 6. The number of aromatic nitrogens is 2. The minimum absolute atomic E-state index is 0. The van der Waals surface area contributed by atoms with Crippen LogP contribution < -0.4 is 10.2 Å². The summed E-state index contributed by atoms with van der Waals surface area (Å²) in [5, 5.41) is 4.13. The van der Waals surface area contributed by atoms with Gasteiger partial charge in [-0.15, -0.1) is 24.0 Å². The van der Waals surface area contributed by atoms with Gasteiger partial charge in [-0.05, 0) is 6.42 Å². The molecule has 0 radical (unpaired) electrons. The Bertz CT molecular complexity index is 578. The molecule has 1 aromatic rings. The Morgan fingerprint density at radius 1 is 1.30 bits per heavy atom. The largest absolute Gasteiger partial charge is 0.411 e. The van der Waals surface area contributed by atoms with Gasteiger partial charge in [0.1, 0.15) is 12.4 Å². The molecule has 1 aromatic heterocycles. The van der Waals surface area contributed by atoms with Gasteiger partial charge in [0.15, 0.2) is 5.96 Å². The molecule has 1 N–H and O–H groups in total. The molecule has 1 aliphatic heterocycles. The van der Waals surface area contributed by atoms with E-state index in [1.807, 2.05) is 6.92 Å². The summed E-state index contributed by atoms with van der Waals surface area (Å²) < 4.78 is 44.9. The van der Waals surface area contributed by atoms with E-state index < -0.39 is 12.8 Å². The molecule has 7 nitrogen and oxygen atoms in total. The lowest BCUT2D eigenvalue weighted by atomic mass is 10.3. The van der Waals surface area contributed by atoms with Gasteiger partial charge >= 0.3 is 6.18 Å². The zero-order valence-corrected chi connectivity index (χ0v) is 18.6. The van der Waals surface area contributed by atoms with Gasteiger partial charge in [-0.3, -0.25) is 4.99 Å². The molecule has 156 valence electrons. The Balaban J connectivity index is 0.00000364. The normalized spacial score (nSPS) is 15.7. The maximum absolute atomic E-state index is 12.0. The molecule has 0 amide bonds. The number of alkyl halides is 3. The number of guanidine groups is 1. The van der Waals surface area contributed by atoms with E-state index in [9.17, 15) is 13.2 Å². The topological polar surface area (TPSA) is 65.9 Å². The van der Waals surface area contributed by atoms with Crippen LogP contribution in [0.5, 0.6) is 0 Å². The molecular weight excluding hydrogens is 496 g/mol. The molecule has 0 atom stereocenters. The molecule has 2 rings (SSSR count). The first-order valence-corrected chi connectivity index (χ1v) is 9.38. The second kappa shape index (κ2) is 11.8. The lowest BCUT2D eigenvalue weighted by Crippen LogP contribution is -2.52. The predicted molar refractivity (Wildman–Crippen MR) is 111 cm³/mol. The van der Waals surface area contributed by atoms with Gasteiger partial charge in [0.25, 0.3) is 0 Å². The minimum atomic E-state index is -4.27. The van der Waals surface area contributed by atoms with Crippen LogP contribution in [0.3, 0.4) is 0 Å². The van der Waals surface area contributed by atoms with Crippen molar-refractivity contribution in [1.29, 1.82) is 0 Å². The van der Waals surface area contributed by atoms with Gasteiger partial charge in [0.05, 0.1) is 0 Å². The third-order valence-corrected chi connectivity index (χ3v) is 4.66. The Labute approximate surface area is 178 Å². The van der Waals surface area contributed by atoms with Crippen LogP contribution in [0.1, 0.15) is 19.2 Å². The lowest BCUT2D eigenvalue weighted by Gasteiger charge is -2.36. The van der Waals surface area contributed by atoms with Crippen LogP contribution in [0.15, 0.2) is 4.99 Å². The maximum Gasteiger partial charge on any atom is 0.411 e. The van der Waals surface area contributed by atoms with Crippen LogP contribution >= 0.6 is 35.5 Å². The van der Waals surface area contributed by atoms with Crippen molar-refractivity contribution < 1.29 is 17.9 Å². The average molecular weight is 522 g/mol. The quantitative estimate of drug-likeness (QED) is 0.257. The number of anilines is 1. The molecule has 0 bridgehead atoms. The van der Waals surface area contributed by atoms with Crippen LogP contribution in [-0.4, -0.2) is 79.4 Å². The monoisotopic (exact) mass is 522 g/mol. The smallest absolute Gasteiger partial charge is 0.372 e. The molecule has 1 aliphatic rings. The van der Waals surface area contributed by atoms with E-state index in [-0.39, 0.29) is 30.6 Å². The van der Waals surface area contributed by atoms with E-state index >= 15 is 0 Å². The van der Waals surface area contributed by atoms with Crippen LogP contribution in [0.25, 0.3) is 0 Å². The van der Waals surface area contributed by atoms with Crippen LogP contribution in [0.2, 0.25) is 0 Å². The standard InChI is InChI=1S/C15H25F3N6OS.HI/c1-3-12-21-14(26-22-12)24-8-6-23(7-9-24)13(19-2)20-5-4-10-25-11-15(16,17)18;/h3-11H2,1-2H3,(H,19,20);1H. The highest BCUT2D eigenvalue weighted by Crippen LogP contribution is 2.19. The Morgan fingerprint density at radius 2 is 2.00 bits per heavy atom. The maximum atomic E-state index is 12.0. The summed E-state index contributed by atoms with van der Waals surface area (Å²) in [5.41, 5.74) is 0. The molecule has 0 unspecified atom stereocenters. The van der Waals surface area contributed by atoms with E-state index in [0.29, 0.717) is 13.0 Å². The number of nitrogens with zero attached hydrogens (tertiary/aromatic N) is 5. The second-order valence-electron chi connectivity index (χ2n) is 5.82. The summed E-state index contributed by atoms with van der Waals surface area (Å²) in [6.07, 6.45) is -2.95. The first-order valence-electron chi connectivity index (χ1n) is 8.60. The number of aryl methyl sites for hydroxylation is 1. The minimum Gasteiger partial charge on any atom is -0.372 e. The third-order valence-electron chi connectivity index (χ3n) is 3.85. The summed E-state index contributed by atoms with van der Waals surface area (Å²) in [6, 6.07) is 0. The zero-order chi connectivity index (χ0) is 19.0. The highest BCUT2D eigenvalue weighted by Gasteiger charge is 2.27. The van der Waals surface area contributed by atoms with Gasteiger partial charge in [-0.25, -0.2) is 4.98 Å². The molecule has 2 heterocycles. The number of halogens is 4. The van der Waals surface area contributed by atoms with Crippen molar-refractivity contribution in [1.82, 2.24) is 19.6 Å². The third kappa shape index (κ3) is 8.34. The molecule has 0 aromatic carbocycles. The first kappa shape index (κ1) is 24.1. The molecular formula is C15H26F3IN6OS. The van der Waals surface area contributed by atoms with E-state index in [2.05, 4.69) is 34.2 Å². The van der Waals surface area contributed by atoms with Crippen LogP contribution in [0.4, 0.5) is 18.3 Å². The zero-order valence-electron chi connectivity index (χ0n) is 15.5. The number of hydrogen-bond donors (Lipinski definition) is 1. The number of nitrogens with one attached hydrogen (secondary N) is 1. The lowest BCUT2D eigenvalue weighted by molar-refractivity contribution is -0.173. The Morgan fingerprint density at radius 3 is 2.56 bits per heavy atom. The number of ether oxygens (including phenoxy) is 1. The first-order chi connectivity index (χ1) is 12.4. The van der Waals surface area contributed by atoms with E-state index in [1.165, 1.54) is 11.5 Å². The van der Waals surface area contributed by atoms with Crippen molar-refractivity contribution in [2.45, 2.75) is 25.9 Å². The van der Waals surface area contributed by atoms with Gasteiger partial charge in [-0.1, -0.05) is 6.92 Å². The molecule has 12 heteroatoms.